The van der Waals surface area contributed by atoms with Gasteiger partial charge in [0.1, 0.15) is 12.6 Å². The van der Waals surface area contributed by atoms with Gasteiger partial charge in [0, 0.05) is 12.8 Å². The second-order valence-corrected chi connectivity index (χ2v) is 16.7. The van der Waals surface area contributed by atoms with Gasteiger partial charge in [-0.1, -0.05) is 139 Å². The van der Waals surface area contributed by atoms with Crippen LogP contribution in [0, 0.1) is 0 Å². The molecule has 0 amide bonds. The van der Waals surface area contributed by atoms with Crippen molar-refractivity contribution in [2.75, 3.05) is 19.8 Å². The number of rotatable bonds is 40. The van der Waals surface area contributed by atoms with E-state index in [9.17, 15) is 23.8 Å². The van der Waals surface area contributed by atoms with Crippen LogP contribution in [0.1, 0.15) is 168 Å². The highest BCUT2D eigenvalue weighted by Crippen LogP contribution is 2.43. The maximum atomic E-state index is 12.6. The van der Waals surface area contributed by atoms with Gasteiger partial charge in [0.05, 0.1) is 25.4 Å². The number of unbranched alkanes of at least 4 members (excludes halogenated alkanes) is 13. The molecule has 1 aliphatic rings. The lowest BCUT2D eigenvalue weighted by Gasteiger charge is -2.20. The number of phosphoric acid groups is 1. The molecule has 1 heterocycles. The fourth-order valence-corrected chi connectivity index (χ4v) is 6.78. The van der Waals surface area contributed by atoms with E-state index in [1.54, 1.807) is 0 Å². The summed E-state index contributed by atoms with van der Waals surface area (Å²) in [4.78, 5) is 46.0. The Hall–Kier alpha value is -2.86. The highest BCUT2D eigenvalue weighted by Gasteiger charge is 2.36. The number of carbonyl (C=O) groups excluding carboxylic acids is 2. The van der Waals surface area contributed by atoms with Gasteiger partial charge in [-0.2, -0.15) is 0 Å². The van der Waals surface area contributed by atoms with E-state index >= 15 is 0 Å². The van der Waals surface area contributed by atoms with Crippen molar-refractivity contribution >= 4 is 25.7 Å². The average Bonchev–Trinajstić information content (AvgIpc) is 3.97. The number of carbonyl (C=O) groups is 3. The van der Waals surface area contributed by atoms with Gasteiger partial charge in [-0.3, -0.25) is 23.4 Å². The van der Waals surface area contributed by atoms with E-state index in [0.29, 0.717) is 31.5 Å². The molecule has 0 aromatic heterocycles. The molecule has 5 atom stereocenters. The molecular weight excluding hydrogens is 773 g/mol. The largest absolute Gasteiger partial charge is 0.480 e. The number of hydrogen-bond donors (Lipinski definition) is 3. The zero-order valence-corrected chi connectivity index (χ0v) is 37.2. The van der Waals surface area contributed by atoms with E-state index in [2.05, 4.69) is 67.0 Å². The first-order valence-electron chi connectivity index (χ1n) is 22.4. The number of epoxide rings is 1. The molecule has 4 N–H and O–H groups in total. The minimum absolute atomic E-state index is 0.0773. The quantitative estimate of drug-likeness (QED) is 0.0174. The number of carboxylic acid groups (broad SMARTS) is 1. The lowest BCUT2D eigenvalue weighted by Crippen LogP contribution is -2.34. The van der Waals surface area contributed by atoms with Gasteiger partial charge in [-0.25, -0.2) is 4.57 Å². The van der Waals surface area contributed by atoms with Crippen LogP contribution < -0.4 is 5.73 Å². The molecule has 0 aromatic rings. The second kappa shape index (κ2) is 36.9. The number of ether oxygens (including phenoxy) is 3. The molecule has 0 bridgehead atoms. The summed E-state index contributed by atoms with van der Waals surface area (Å²) in [5, 5.41) is 8.89. The van der Waals surface area contributed by atoms with E-state index < -0.39 is 51.1 Å². The van der Waals surface area contributed by atoms with Crippen molar-refractivity contribution in [3.05, 3.63) is 60.8 Å². The molecule has 0 saturated carbocycles. The van der Waals surface area contributed by atoms with Crippen LogP contribution in [0.5, 0.6) is 0 Å². The number of nitrogens with two attached hydrogens (primary N) is 1. The van der Waals surface area contributed by atoms with Gasteiger partial charge in [0.15, 0.2) is 6.10 Å². The number of carboxylic acids is 1. The molecule has 1 aliphatic heterocycles. The van der Waals surface area contributed by atoms with E-state index in [4.69, 9.17) is 29.6 Å². The normalized spacial score (nSPS) is 17.7. The number of esters is 2. The van der Waals surface area contributed by atoms with Gasteiger partial charge in [-0.15, -0.1) is 0 Å². The summed E-state index contributed by atoms with van der Waals surface area (Å²) in [6.07, 6.45) is 44.6. The Morgan fingerprint density at radius 1 is 0.627 bits per heavy atom. The van der Waals surface area contributed by atoms with E-state index in [1.807, 2.05) is 12.2 Å². The predicted octanol–water partition coefficient (Wildman–Crippen LogP) is 10.9. The topological polar surface area (TPSA) is 184 Å². The Morgan fingerprint density at radius 2 is 1.14 bits per heavy atom. The molecule has 338 valence electrons. The van der Waals surface area contributed by atoms with Crippen molar-refractivity contribution in [2.24, 2.45) is 5.73 Å². The van der Waals surface area contributed by atoms with Gasteiger partial charge >= 0.3 is 25.7 Å². The summed E-state index contributed by atoms with van der Waals surface area (Å²) in [6.45, 7) is 2.67. The Labute approximate surface area is 355 Å². The van der Waals surface area contributed by atoms with Crippen molar-refractivity contribution in [3.63, 3.8) is 0 Å². The molecule has 0 radical (unpaired) electrons. The van der Waals surface area contributed by atoms with Crippen LogP contribution >= 0.6 is 7.82 Å². The van der Waals surface area contributed by atoms with Crippen LogP contribution in [0.2, 0.25) is 0 Å². The minimum Gasteiger partial charge on any atom is -0.480 e. The van der Waals surface area contributed by atoms with Crippen LogP contribution in [0.4, 0.5) is 0 Å². The van der Waals surface area contributed by atoms with E-state index in [1.165, 1.54) is 64.2 Å². The Morgan fingerprint density at radius 3 is 1.76 bits per heavy atom. The Bertz CT molecular complexity index is 1300. The molecule has 3 unspecified atom stereocenters. The molecule has 13 heteroatoms. The van der Waals surface area contributed by atoms with Crippen LogP contribution in [0.15, 0.2) is 60.8 Å². The smallest absolute Gasteiger partial charge is 0.472 e. The summed E-state index contributed by atoms with van der Waals surface area (Å²) >= 11 is 0. The third kappa shape index (κ3) is 34.5. The van der Waals surface area contributed by atoms with Crippen molar-refractivity contribution in [1.82, 2.24) is 0 Å². The van der Waals surface area contributed by atoms with Crippen LogP contribution in [-0.4, -0.2) is 72.1 Å². The molecule has 1 saturated heterocycles. The van der Waals surface area contributed by atoms with Gasteiger partial charge in [-0.05, 0) is 77.0 Å². The molecule has 59 heavy (non-hydrogen) atoms. The highest BCUT2D eigenvalue weighted by atomic mass is 31.2. The van der Waals surface area contributed by atoms with Crippen molar-refractivity contribution in [1.29, 1.82) is 0 Å². The van der Waals surface area contributed by atoms with Gasteiger partial charge < -0.3 is 29.9 Å². The maximum absolute atomic E-state index is 12.6. The monoisotopic (exact) mass is 852 g/mol. The number of allylic oxidation sites excluding steroid dienone is 9. The van der Waals surface area contributed by atoms with Crippen LogP contribution in [0.3, 0.4) is 0 Å². The van der Waals surface area contributed by atoms with E-state index in [-0.39, 0.29) is 19.4 Å². The zero-order chi connectivity index (χ0) is 43.2. The Kier molecular flexibility index (Phi) is 33.9. The predicted molar refractivity (Wildman–Crippen MR) is 235 cm³/mol. The lowest BCUT2D eigenvalue weighted by atomic mass is 10.1. The summed E-state index contributed by atoms with van der Waals surface area (Å²) in [5.74, 6) is -2.47. The number of hydrogen-bond acceptors (Lipinski definition) is 10. The molecule has 12 nitrogen and oxygen atoms in total. The molecule has 0 spiro atoms. The fraction of sp³-hybridized carbons (Fsp3) is 0.717. The third-order valence-corrected chi connectivity index (χ3v) is 10.6. The third-order valence-electron chi connectivity index (χ3n) is 9.66. The highest BCUT2D eigenvalue weighted by molar-refractivity contribution is 7.47. The molecule has 0 aliphatic carbocycles. The van der Waals surface area contributed by atoms with Gasteiger partial charge in [0.2, 0.25) is 0 Å². The van der Waals surface area contributed by atoms with Crippen LogP contribution in [0.25, 0.3) is 0 Å². The zero-order valence-electron chi connectivity index (χ0n) is 36.3. The number of aliphatic carboxylic acids is 1. The fourth-order valence-electron chi connectivity index (χ4n) is 6.00. The maximum Gasteiger partial charge on any atom is 0.472 e. The molecule has 0 aromatic carbocycles. The first-order valence-corrected chi connectivity index (χ1v) is 23.9. The Balaban J connectivity index is 2.31. The SMILES string of the molecule is CCCCC/C=C\C/C=C\CCCCCCCCCC(=O)OC[C@H](COP(=O)(O)OC[C@H](N)C(=O)O)OC(=O)CCC/C=C\C/C=C\C/C=C\CC1OC1CCCCC. The number of phosphoric ester groups is 1. The van der Waals surface area contributed by atoms with Crippen molar-refractivity contribution in [3.8, 4) is 0 Å². The lowest BCUT2D eigenvalue weighted by molar-refractivity contribution is -0.161. The second-order valence-electron chi connectivity index (χ2n) is 15.2. The summed E-state index contributed by atoms with van der Waals surface area (Å²) in [5.41, 5.74) is 5.33. The summed E-state index contributed by atoms with van der Waals surface area (Å²) in [6, 6.07) is -1.54. The van der Waals surface area contributed by atoms with Crippen molar-refractivity contribution in [2.45, 2.75) is 192 Å². The minimum atomic E-state index is -4.74. The first kappa shape index (κ1) is 54.2. The summed E-state index contributed by atoms with van der Waals surface area (Å²) < 4.78 is 38.4. The molecule has 1 rings (SSSR count). The van der Waals surface area contributed by atoms with E-state index in [0.717, 1.165) is 57.8 Å². The standard InChI is InChI=1S/C46H78NO11P/c1-3-5-7-8-9-10-11-12-13-14-15-16-17-21-24-27-31-35-44(48)54-37-40(38-55-59(52,53)56-39-41(47)46(50)51)57-45(49)36-32-28-25-22-19-18-20-23-26-30-34-43-42(58-43)33-29-6-4-2/h9-10,12-13,18,20,22,25-26,30,40-43H,3-8,11,14-17,19,21,23-24,27-29,31-39,47H2,1-2H3,(H,50,51)(H,52,53)/b10-9-,13-12-,20-18-,25-22-,30-26-/t40-,41+,42?,43?/m1/s1. The van der Waals surface area contributed by atoms with Crippen LogP contribution in [-0.2, 0) is 42.2 Å². The molecule has 1 fully saturated rings. The summed E-state index contributed by atoms with van der Waals surface area (Å²) in [7, 11) is -4.74. The van der Waals surface area contributed by atoms with Crippen molar-refractivity contribution < 1.29 is 52.2 Å². The average molecular weight is 852 g/mol. The first-order chi connectivity index (χ1) is 28.6. The van der Waals surface area contributed by atoms with Gasteiger partial charge in [0.25, 0.3) is 0 Å². The molecular formula is C46H78NO11P.